The Morgan fingerprint density at radius 3 is 2.00 bits per heavy atom. The summed E-state index contributed by atoms with van der Waals surface area (Å²) in [5, 5.41) is 7.95. The van der Waals surface area contributed by atoms with E-state index < -0.39 is 0 Å². The van der Waals surface area contributed by atoms with E-state index in [0.717, 1.165) is 5.69 Å². The quantitative estimate of drug-likeness (QED) is 0.580. The van der Waals surface area contributed by atoms with E-state index >= 15 is 0 Å². The van der Waals surface area contributed by atoms with Gasteiger partial charge in [-0.3, -0.25) is 5.41 Å². The molecule has 0 fully saturated rings. The molecule has 0 aliphatic heterocycles. The second-order valence-electron chi connectivity index (χ2n) is 4.44. The summed E-state index contributed by atoms with van der Waals surface area (Å²) in [7, 11) is 1.95. The van der Waals surface area contributed by atoms with Crippen LogP contribution in [0.15, 0.2) is 18.2 Å². The maximum Gasteiger partial charge on any atom is 0.103 e. The van der Waals surface area contributed by atoms with E-state index in [9.17, 15) is 0 Å². The first kappa shape index (κ1) is 11.8. The SMILES string of the molecule is Cc1cc(C)cc(N(C)C(=N)C(C)C)c1. The molecule has 0 saturated heterocycles. The number of benzene rings is 1. The van der Waals surface area contributed by atoms with Crippen LogP contribution in [0.3, 0.4) is 0 Å². The number of hydrogen-bond donors (Lipinski definition) is 1. The van der Waals surface area contributed by atoms with E-state index in [1.54, 1.807) is 0 Å². The summed E-state index contributed by atoms with van der Waals surface area (Å²) in [5.74, 6) is 0.913. The van der Waals surface area contributed by atoms with Gasteiger partial charge in [-0.15, -0.1) is 0 Å². The number of amidine groups is 1. The summed E-state index contributed by atoms with van der Waals surface area (Å²) in [6.45, 7) is 8.26. The number of nitrogens with zero attached hydrogens (tertiary/aromatic N) is 1. The molecule has 1 aromatic rings. The van der Waals surface area contributed by atoms with E-state index in [0.29, 0.717) is 5.84 Å². The minimum Gasteiger partial charge on any atom is -0.333 e. The molecule has 0 atom stereocenters. The zero-order valence-electron chi connectivity index (χ0n) is 10.3. The van der Waals surface area contributed by atoms with Crippen LogP contribution in [0, 0.1) is 25.2 Å². The number of anilines is 1. The van der Waals surface area contributed by atoms with Crippen molar-refractivity contribution in [2.75, 3.05) is 11.9 Å². The van der Waals surface area contributed by atoms with Gasteiger partial charge >= 0.3 is 0 Å². The van der Waals surface area contributed by atoms with Crippen molar-refractivity contribution in [1.82, 2.24) is 0 Å². The average molecular weight is 204 g/mol. The van der Waals surface area contributed by atoms with Crippen LogP contribution in [0.4, 0.5) is 5.69 Å². The van der Waals surface area contributed by atoms with Gasteiger partial charge in [0, 0.05) is 18.7 Å². The zero-order valence-corrected chi connectivity index (χ0v) is 10.3. The molecule has 0 aliphatic carbocycles. The Hall–Kier alpha value is -1.31. The van der Waals surface area contributed by atoms with Crippen molar-refractivity contribution in [3.05, 3.63) is 29.3 Å². The van der Waals surface area contributed by atoms with E-state index in [-0.39, 0.29) is 5.92 Å². The van der Waals surface area contributed by atoms with Gasteiger partial charge in [0.15, 0.2) is 0 Å². The summed E-state index contributed by atoms with van der Waals surface area (Å²) < 4.78 is 0. The number of hydrogen-bond acceptors (Lipinski definition) is 1. The molecular formula is C13H20N2. The highest BCUT2D eigenvalue weighted by Gasteiger charge is 2.10. The van der Waals surface area contributed by atoms with Crippen LogP contribution in [0.25, 0.3) is 0 Å². The lowest BCUT2D eigenvalue weighted by Gasteiger charge is -2.23. The molecule has 0 bridgehead atoms. The minimum atomic E-state index is 0.260. The number of aryl methyl sites for hydroxylation is 2. The molecule has 0 aromatic heterocycles. The van der Waals surface area contributed by atoms with Crippen LogP contribution in [0.2, 0.25) is 0 Å². The molecule has 0 saturated carbocycles. The smallest absolute Gasteiger partial charge is 0.103 e. The Kier molecular flexibility index (Phi) is 3.51. The van der Waals surface area contributed by atoms with Crippen molar-refractivity contribution in [3.63, 3.8) is 0 Å². The van der Waals surface area contributed by atoms with Crippen LogP contribution in [0.1, 0.15) is 25.0 Å². The molecule has 0 heterocycles. The summed E-state index contributed by atoms with van der Waals surface area (Å²) in [6, 6.07) is 6.38. The first-order valence-electron chi connectivity index (χ1n) is 5.32. The topological polar surface area (TPSA) is 27.1 Å². The van der Waals surface area contributed by atoms with Crippen molar-refractivity contribution in [1.29, 1.82) is 5.41 Å². The standard InChI is InChI=1S/C13H20N2/c1-9(2)13(14)15(5)12-7-10(3)6-11(4)8-12/h6-9,14H,1-5H3. The Morgan fingerprint density at radius 2 is 1.60 bits per heavy atom. The zero-order chi connectivity index (χ0) is 11.6. The maximum absolute atomic E-state index is 7.95. The molecule has 2 heteroatoms. The lowest BCUT2D eigenvalue weighted by molar-refractivity contribution is 0.849. The van der Waals surface area contributed by atoms with Crippen LogP contribution in [0.5, 0.6) is 0 Å². The molecule has 0 spiro atoms. The average Bonchev–Trinajstić information content (AvgIpc) is 2.13. The Labute approximate surface area is 92.4 Å². The minimum absolute atomic E-state index is 0.260. The normalized spacial score (nSPS) is 10.5. The Balaban J connectivity index is 3.00. The molecule has 2 nitrogen and oxygen atoms in total. The second-order valence-corrected chi connectivity index (χ2v) is 4.44. The molecule has 1 N–H and O–H groups in total. The molecule has 0 amide bonds. The molecule has 0 unspecified atom stereocenters. The summed E-state index contributed by atoms with van der Waals surface area (Å²) in [6.07, 6.45) is 0. The third-order valence-corrected chi connectivity index (χ3v) is 2.50. The molecule has 1 rings (SSSR count). The van der Waals surface area contributed by atoms with E-state index in [1.165, 1.54) is 11.1 Å². The molecule has 1 aromatic carbocycles. The van der Waals surface area contributed by atoms with Crippen molar-refractivity contribution in [3.8, 4) is 0 Å². The number of rotatable bonds is 2. The van der Waals surface area contributed by atoms with Gasteiger partial charge in [0.1, 0.15) is 5.84 Å². The highest BCUT2D eigenvalue weighted by molar-refractivity contribution is 5.96. The third-order valence-electron chi connectivity index (χ3n) is 2.50. The highest BCUT2D eigenvalue weighted by atomic mass is 15.1. The third kappa shape index (κ3) is 2.82. The molecule has 0 radical (unpaired) electrons. The summed E-state index contributed by atoms with van der Waals surface area (Å²) >= 11 is 0. The van der Waals surface area contributed by atoms with Crippen molar-refractivity contribution >= 4 is 11.5 Å². The van der Waals surface area contributed by atoms with E-state index in [4.69, 9.17) is 5.41 Å². The van der Waals surface area contributed by atoms with Gasteiger partial charge in [-0.25, -0.2) is 0 Å². The van der Waals surface area contributed by atoms with Crippen LogP contribution in [-0.4, -0.2) is 12.9 Å². The van der Waals surface area contributed by atoms with Gasteiger partial charge in [0.2, 0.25) is 0 Å². The predicted molar refractivity (Wildman–Crippen MR) is 66.9 cm³/mol. The number of nitrogens with one attached hydrogen (secondary N) is 1. The Bertz CT molecular complexity index is 347. The van der Waals surface area contributed by atoms with Gasteiger partial charge in [-0.2, -0.15) is 0 Å². The molecular weight excluding hydrogens is 184 g/mol. The first-order chi connectivity index (χ1) is 6.91. The highest BCUT2D eigenvalue weighted by Crippen LogP contribution is 2.19. The largest absolute Gasteiger partial charge is 0.333 e. The van der Waals surface area contributed by atoms with Gasteiger partial charge in [0.25, 0.3) is 0 Å². The fourth-order valence-electron chi connectivity index (χ4n) is 1.67. The van der Waals surface area contributed by atoms with Crippen molar-refractivity contribution in [2.45, 2.75) is 27.7 Å². The Morgan fingerprint density at radius 1 is 1.13 bits per heavy atom. The van der Waals surface area contributed by atoms with Crippen molar-refractivity contribution < 1.29 is 0 Å². The fraction of sp³-hybridized carbons (Fsp3) is 0.462. The van der Waals surface area contributed by atoms with Gasteiger partial charge in [-0.05, 0) is 37.1 Å². The molecule has 15 heavy (non-hydrogen) atoms. The molecule has 82 valence electrons. The van der Waals surface area contributed by atoms with Crippen LogP contribution >= 0.6 is 0 Å². The lowest BCUT2D eigenvalue weighted by Crippen LogP contribution is -2.29. The first-order valence-corrected chi connectivity index (χ1v) is 5.32. The monoisotopic (exact) mass is 204 g/mol. The predicted octanol–water partition coefficient (Wildman–Crippen LogP) is 3.37. The summed E-state index contributed by atoms with van der Waals surface area (Å²) in [4.78, 5) is 1.95. The summed E-state index contributed by atoms with van der Waals surface area (Å²) in [5.41, 5.74) is 3.59. The van der Waals surface area contributed by atoms with Gasteiger partial charge in [-0.1, -0.05) is 19.9 Å². The lowest BCUT2D eigenvalue weighted by atomic mass is 10.1. The van der Waals surface area contributed by atoms with Crippen LogP contribution in [-0.2, 0) is 0 Å². The van der Waals surface area contributed by atoms with Crippen LogP contribution < -0.4 is 4.90 Å². The second kappa shape index (κ2) is 4.47. The molecule has 0 aliphatic rings. The van der Waals surface area contributed by atoms with Crippen molar-refractivity contribution in [2.24, 2.45) is 5.92 Å². The van der Waals surface area contributed by atoms with E-state index in [2.05, 4.69) is 32.0 Å². The van der Waals surface area contributed by atoms with Gasteiger partial charge in [0.05, 0.1) is 0 Å². The van der Waals surface area contributed by atoms with Gasteiger partial charge < -0.3 is 4.90 Å². The maximum atomic E-state index is 7.95. The van der Waals surface area contributed by atoms with E-state index in [1.807, 2.05) is 25.8 Å². The fourth-order valence-corrected chi connectivity index (χ4v) is 1.67.